The molecule has 3 aliphatic heterocycles. The van der Waals surface area contributed by atoms with Gasteiger partial charge in [-0.3, -0.25) is 4.79 Å². The predicted molar refractivity (Wildman–Crippen MR) is 139 cm³/mol. The second-order valence-corrected chi connectivity index (χ2v) is 15.0. The van der Waals surface area contributed by atoms with Crippen LogP contribution >= 0.6 is 11.6 Å². The molecule has 3 heterocycles. The smallest absolute Gasteiger partial charge is 0.224 e. The number of benzene rings is 2. The Labute approximate surface area is 231 Å². The van der Waals surface area contributed by atoms with Gasteiger partial charge in [0.05, 0.1) is 34.7 Å². The summed E-state index contributed by atoms with van der Waals surface area (Å²) in [5.41, 5.74) is -0.399. The van der Waals surface area contributed by atoms with Crippen LogP contribution in [-0.4, -0.2) is 71.6 Å². The Bertz CT molecular complexity index is 1480. The van der Waals surface area contributed by atoms with Crippen molar-refractivity contribution in [3.8, 4) is 5.75 Å². The molecular formula is C26H28ClF2NO7S2. The van der Waals surface area contributed by atoms with Crippen molar-refractivity contribution in [3.05, 3.63) is 58.6 Å². The van der Waals surface area contributed by atoms with Crippen molar-refractivity contribution in [2.45, 2.75) is 41.4 Å². The molecule has 39 heavy (non-hydrogen) atoms. The van der Waals surface area contributed by atoms with E-state index in [1.165, 1.54) is 24.3 Å². The first-order chi connectivity index (χ1) is 18.5. The maximum absolute atomic E-state index is 15.4. The van der Waals surface area contributed by atoms with Crippen LogP contribution in [-0.2, 0) is 34.0 Å². The number of fused-ring (bicyclic) bond motifs is 3. The molecule has 2 saturated heterocycles. The van der Waals surface area contributed by atoms with E-state index >= 15 is 4.39 Å². The van der Waals surface area contributed by atoms with Gasteiger partial charge < -0.3 is 14.4 Å². The summed E-state index contributed by atoms with van der Waals surface area (Å²) in [4.78, 5) is 12.9. The topological polar surface area (TPSA) is 107 Å². The Morgan fingerprint density at radius 3 is 2.41 bits per heavy atom. The third-order valence-corrected chi connectivity index (χ3v) is 12.5. The highest BCUT2D eigenvalue weighted by atomic mass is 35.5. The molecule has 5 rings (SSSR count). The average molecular weight is 604 g/mol. The molecule has 1 amide bonds. The van der Waals surface area contributed by atoms with Crippen LogP contribution in [0.2, 0.25) is 5.02 Å². The summed E-state index contributed by atoms with van der Waals surface area (Å²) in [5.74, 6) is -3.71. The normalized spacial score (nSPS) is 24.9. The standard InChI is InChI=1S/C26H28ClF2NO7S2/c27-17-2-4-18(5-3-17)39(34,35)26-10-13-36-22(9-15-38(32,33)14-1-11-30-12-8-23(30)31)19(26)16-37-25-21(29)7-6-20(28)24(25)26/h2-7,19,22H,1,8-16H2/t19-,22-,26-/m0/s1. The van der Waals surface area contributed by atoms with Gasteiger partial charge in [0.2, 0.25) is 5.91 Å². The van der Waals surface area contributed by atoms with Crippen LogP contribution in [0, 0.1) is 17.6 Å². The van der Waals surface area contributed by atoms with Gasteiger partial charge >= 0.3 is 0 Å². The predicted octanol–water partition coefficient (Wildman–Crippen LogP) is 3.51. The summed E-state index contributed by atoms with van der Waals surface area (Å²) in [5, 5.41) is 0.307. The zero-order valence-corrected chi connectivity index (χ0v) is 23.3. The Morgan fingerprint density at radius 2 is 1.74 bits per heavy atom. The van der Waals surface area contributed by atoms with Gasteiger partial charge in [0.15, 0.2) is 21.4 Å². The maximum Gasteiger partial charge on any atom is 0.224 e. The lowest BCUT2D eigenvalue weighted by molar-refractivity contribution is -0.139. The molecule has 3 aliphatic rings. The number of nitrogens with zero attached hydrogens (tertiary/aromatic N) is 1. The van der Waals surface area contributed by atoms with E-state index in [0.29, 0.717) is 31.0 Å². The number of rotatable bonds is 9. The number of β-lactam (4-membered cyclic amide) rings is 1. The van der Waals surface area contributed by atoms with E-state index in [-0.39, 0.29) is 48.4 Å². The van der Waals surface area contributed by atoms with Gasteiger partial charge in [-0.05, 0) is 55.7 Å². The monoisotopic (exact) mass is 603 g/mol. The fraction of sp³-hybridized carbons (Fsp3) is 0.500. The van der Waals surface area contributed by atoms with Crippen LogP contribution in [0.4, 0.5) is 8.78 Å². The number of likely N-dealkylation sites (tertiary alicyclic amines) is 1. The van der Waals surface area contributed by atoms with E-state index in [1.54, 1.807) is 4.90 Å². The van der Waals surface area contributed by atoms with Crippen LogP contribution in [0.1, 0.15) is 31.2 Å². The summed E-state index contributed by atoms with van der Waals surface area (Å²) >= 11 is 5.97. The van der Waals surface area contributed by atoms with Crippen molar-refractivity contribution in [2.75, 3.05) is 37.8 Å². The fourth-order valence-corrected chi connectivity index (χ4v) is 9.64. The fourth-order valence-electron chi connectivity index (χ4n) is 5.81. The first kappa shape index (κ1) is 28.3. The molecule has 0 bridgehead atoms. The van der Waals surface area contributed by atoms with Crippen molar-refractivity contribution < 1.29 is 39.9 Å². The molecule has 0 aliphatic carbocycles. The second kappa shape index (κ2) is 10.6. The summed E-state index contributed by atoms with van der Waals surface area (Å²) in [6.45, 7) is 0.570. The van der Waals surface area contributed by atoms with E-state index < -0.39 is 59.4 Å². The second-order valence-electron chi connectivity index (χ2n) is 10.1. The third-order valence-electron chi connectivity index (χ3n) is 7.89. The number of hydrogen-bond acceptors (Lipinski definition) is 7. The molecule has 0 aromatic heterocycles. The molecule has 0 N–H and O–H groups in total. The highest BCUT2D eigenvalue weighted by Crippen LogP contribution is 2.56. The molecule has 2 aromatic carbocycles. The van der Waals surface area contributed by atoms with Gasteiger partial charge in [0, 0.05) is 37.1 Å². The Kier molecular flexibility index (Phi) is 7.68. The van der Waals surface area contributed by atoms with Crippen LogP contribution in [0.5, 0.6) is 5.75 Å². The third kappa shape index (κ3) is 5.05. The minimum absolute atomic E-state index is 0.00230. The first-order valence-electron chi connectivity index (χ1n) is 12.7. The number of carbonyl (C=O) groups is 1. The molecule has 0 radical (unpaired) electrons. The lowest BCUT2D eigenvalue weighted by Gasteiger charge is -2.50. The van der Waals surface area contributed by atoms with Crippen molar-refractivity contribution in [3.63, 3.8) is 0 Å². The molecule has 0 saturated carbocycles. The van der Waals surface area contributed by atoms with Gasteiger partial charge in [0.25, 0.3) is 0 Å². The highest BCUT2D eigenvalue weighted by molar-refractivity contribution is 7.92. The number of sulfone groups is 2. The number of hydrogen-bond donors (Lipinski definition) is 0. The van der Waals surface area contributed by atoms with Crippen molar-refractivity contribution >= 4 is 37.2 Å². The van der Waals surface area contributed by atoms with E-state index in [1.807, 2.05) is 0 Å². The van der Waals surface area contributed by atoms with Gasteiger partial charge in [-0.2, -0.15) is 0 Å². The van der Waals surface area contributed by atoms with Crippen LogP contribution in [0.15, 0.2) is 41.3 Å². The molecule has 212 valence electrons. The number of halogens is 3. The van der Waals surface area contributed by atoms with Gasteiger partial charge in [-0.25, -0.2) is 25.6 Å². The lowest BCUT2D eigenvalue weighted by atomic mass is 9.75. The molecule has 3 atom stereocenters. The van der Waals surface area contributed by atoms with Crippen LogP contribution in [0.25, 0.3) is 0 Å². The van der Waals surface area contributed by atoms with Crippen molar-refractivity contribution in [2.24, 2.45) is 5.92 Å². The van der Waals surface area contributed by atoms with Crippen LogP contribution in [0.3, 0.4) is 0 Å². The van der Waals surface area contributed by atoms with E-state index in [9.17, 15) is 26.0 Å². The highest BCUT2D eigenvalue weighted by Gasteiger charge is 2.61. The molecule has 8 nitrogen and oxygen atoms in total. The lowest BCUT2D eigenvalue weighted by Crippen LogP contribution is -2.57. The van der Waals surface area contributed by atoms with Crippen molar-refractivity contribution in [1.29, 1.82) is 0 Å². The minimum atomic E-state index is -4.38. The molecule has 0 spiro atoms. The number of ether oxygens (including phenoxy) is 2. The van der Waals surface area contributed by atoms with E-state index in [0.717, 1.165) is 12.1 Å². The number of carbonyl (C=O) groups excluding carboxylic acids is 1. The maximum atomic E-state index is 15.4. The van der Waals surface area contributed by atoms with Gasteiger partial charge in [0.1, 0.15) is 20.4 Å². The van der Waals surface area contributed by atoms with Gasteiger partial charge in [-0.1, -0.05) is 11.6 Å². The zero-order valence-electron chi connectivity index (χ0n) is 20.9. The number of amides is 1. The van der Waals surface area contributed by atoms with Gasteiger partial charge in [-0.15, -0.1) is 0 Å². The Hall–Kier alpha value is -2.28. The summed E-state index contributed by atoms with van der Waals surface area (Å²) in [6, 6.07) is 7.19. The summed E-state index contributed by atoms with van der Waals surface area (Å²) in [6.07, 6.45) is -0.374. The zero-order chi connectivity index (χ0) is 28.0. The SMILES string of the molecule is O=C1CCN1CCCS(=O)(=O)CC[C@@H]1OCC[C@@]2(S(=O)(=O)c3ccc(Cl)cc3)c3c(F)ccc(F)c3OC[C@@H]12. The Morgan fingerprint density at radius 1 is 1.03 bits per heavy atom. The first-order valence-corrected chi connectivity index (χ1v) is 16.4. The minimum Gasteiger partial charge on any atom is -0.490 e. The van der Waals surface area contributed by atoms with Crippen LogP contribution < -0.4 is 4.74 Å². The molecular weight excluding hydrogens is 576 g/mol. The van der Waals surface area contributed by atoms with Crippen molar-refractivity contribution in [1.82, 2.24) is 4.90 Å². The Balaban J connectivity index is 1.46. The quantitative estimate of drug-likeness (QED) is 0.404. The summed E-state index contributed by atoms with van der Waals surface area (Å²) in [7, 11) is -7.94. The largest absolute Gasteiger partial charge is 0.490 e. The molecule has 0 unspecified atom stereocenters. The molecule has 2 aromatic rings. The summed E-state index contributed by atoms with van der Waals surface area (Å²) < 4.78 is 94.0. The average Bonchev–Trinajstić information content (AvgIpc) is 2.90. The molecule has 2 fully saturated rings. The van der Waals surface area contributed by atoms with E-state index in [4.69, 9.17) is 21.1 Å². The van der Waals surface area contributed by atoms with E-state index in [2.05, 4.69) is 0 Å². The molecule has 13 heteroatoms.